The van der Waals surface area contributed by atoms with Crippen molar-refractivity contribution in [3.63, 3.8) is 0 Å². The lowest BCUT2D eigenvalue weighted by Gasteiger charge is -2.34. The van der Waals surface area contributed by atoms with Crippen LogP contribution >= 0.6 is 0 Å². The lowest BCUT2D eigenvalue weighted by Crippen LogP contribution is -2.47. The Morgan fingerprint density at radius 3 is 2.25 bits per heavy atom. The molecule has 20 heavy (non-hydrogen) atoms. The van der Waals surface area contributed by atoms with E-state index in [1.54, 1.807) is 11.9 Å². The summed E-state index contributed by atoms with van der Waals surface area (Å²) in [6, 6.07) is 11.3. The number of hydrogen-bond donors (Lipinski definition) is 1. The van der Waals surface area contributed by atoms with Crippen molar-refractivity contribution in [1.82, 2.24) is 9.47 Å². The number of rotatable bonds is 4. The fourth-order valence-electron chi connectivity index (χ4n) is 1.86. The molecule has 0 spiro atoms. The summed E-state index contributed by atoms with van der Waals surface area (Å²) in [6.45, 7) is 3.59. The van der Waals surface area contributed by atoms with E-state index < -0.39 is 5.54 Å². The fraction of sp³-hybridized carbons (Fsp3) is 0.312. The first kappa shape index (κ1) is 14.3. The number of likely N-dealkylation sites (N-methyl/N-ethyl adjacent to an activating group) is 1. The summed E-state index contributed by atoms with van der Waals surface area (Å²) in [6.07, 6.45) is 3.91. The summed E-state index contributed by atoms with van der Waals surface area (Å²) in [5.41, 5.74) is 1.05. The highest BCUT2D eigenvalue weighted by atomic mass is 16.3. The van der Waals surface area contributed by atoms with Crippen molar-refractivity contribution in [1.29, 1.82) is 0 Å². The summed E-state index contributed by atoms with van der Waals surface area (Å²) in [5, 5.41) is 9.33. The van der Waals surface area contributed by atoms with Crippen LogP contribution in [0.5, 0.6) is 0 Å². The van der Waals surface area contributed by atoms with Crippen LogP contribution in [0.3, 0.4) is 0 Å². The largest absolute Gasteiger partial charge is 0.394 e. The summed E-state index contributed by atoms with van der Waals surface area (Å²) >= 11 is 0. The number of benzene rings is 1. The number of amides is 1. The monoisotopic (exact) mass is 272 g/mol. The Bertz CT molecular complexity index is 571. The van der Waals surface area contributed by atoms with Gasteiger partial charge < -0.3 is 14.6 Å². The van der Waals surface area contributed by atoms with Gasteiger partial charge in [-0.1, -0.05) is 0 Å². The van der Waals surface area contributed by atoms with Crippen molar-refractivity contribution in [2.45, 2.75) is 19.4 Å². The number of nitrogens with zero attached hydrogens (tertiary/aromatic N) is 2. The minimum Gasteiger partial charge on any atom is -0.394 e. The maximum atomic E-state index is 12.4. The average molecular weight is 272 g/mol. The van der Waals surface area contributed by atoms with Gasteiger partial charge >= 0.3 is 0 Å². The molecular weight excluding hydrogens is 252 g/mol. The second kappa shape index (κ2) is 5.51. The van der Waals surface area contributed by atoms with E-state index in [4.69, 9.17) is 0 Å². The molecule has 2 rings (SSSR count). The third-order valence-corrected chi connectivity index (χ3v) is 3.62. The van der Waals surface area contributed by atoms with E-state index >= 15 is 0 Å². The number of carbonyl (C=O) groups excluding carboxylic acids is 1. The average Bonchev–Trinajstić information content (AvgIpc) is 3.00. The molecule has 106 valence electrons. The lowest BCUT2D eigenvalue weighted by molar-refractivity contribution is 0.0473. The number of hydrogen-bond acceptors (Lipinski definition) is 2. The molecular formula is C16H20N2O2. The third kappa shape index (κ3) is 2.75. The third-order valence-electron chi connectivity index (χ3n) is 3.62. The van der Waals surface area contributed by atoms with Crippen molar-refractivity contribution in [2.24, 2.45) is 0 Å². The molecule has 1 N–H and O–H groups in total. The molecule has 0 aliphatic heterocycles. The number of aliphatic hydroxyl groups excluding tert-OH is 1. The number of carbonyl (C=O) groups is 1. The molecule has 0 radical (unpaired) electrons. The Morgan fingerprint density at radius 2 is 1.75 bits per heavy atom. The van der Waals surface area contributed by atoms with Crippen LogP contribution in [0.2, 0.25) is 0 Å². The van der Waals surface area contributed by atoms with Crippen LogP contribution < -0.4 is 0 Å². The molecule has 0 unspecified atom stereocenters. The van der Waals surface area contributed by atoms with Gasteiger partial charge in [0, 0.05) is 30.7 Å². The van der Waals surface area contributed by atoms with Crippen LogP contribution in [0.25, 0.3) is 5.69 Å². The molecule has 0 aliphatic carbocycles. The molecule has 0 aliphatic rings. The molecule has 1 aromatic carbocycles. The highest BCUT2D eigenvalue weighted by molar-refractivity contribution is 5.94. The molecule has 2 aromatic rings. The summed E-state index contributed by atoms with van der Waals surface area (Å²) in [4.78, 5) is 13.9. The summed E-state index contributed by atoms with van der Waals surface area (Å²) in [7, 11) is 1.71. The Balaban J connectivity index is 2.20. The summed E-state index contributed by atoms with van der Waals surface area (Å²) < 4.78 is 1.98. The standard InChI is InChI=1S/C16H20N2O2/c1-16(2,12-19)17(3)15(20)13-6-8-14(9-7-13)18-10-4-5-11-18/h4-11,19H,12H2,1-3H3. The zero-order valence-electron chi connectivity index (χ0n) is 12.1. The van der Waals surface area contributed by atoms with E-state index in [0.717, 1.165) is 5.69 Å². The van der Waals surface area contributed by atoms with Gasteiger partial charge in [-0.3, -0.25) is 4.79 Å². The minimum atomic E-state index is -0.573. The van der Waals surface area contributed by atoms with Crippen molar-refractivity contribution in [3.05, 3.63) is 54.4 Å². The first-order chi connectivity index (χ1) is 9.45. The predicted molar refractivity (Wildman–Crippen MR) is 79.0 cm³/mol. The van der Waals surface area contributed by atoms with Crippen molar-refractivity contribution in [3.8, 4) is 5.69 Å². The van der Waals surface area contributed by atoms with E-state index in [1.807, 2.05) is 67.2 Å². The van der Waals surface area contributed by atoms with E-state index in [0.29, 0.717) is 5.56 Å². The van der Waals surface area contributed by atoms with E-state index in [-0.39, 0.29) is 12.5 Å². The molecule has 1 amide bonds. The zero-order chi connectivity index (χ0) is 14.8. The normalized spacial score (nSPS) is 11.4. The quantitative estimate of drug-likeness (QED) is 0.928. The van der Waals surface area contributed by atoms with Crippen LogP contribution in [0.15, 0.2) is 48.8 Å². The molecule has 0 saturated heterocycles. The first-order valence-electron chi connectivity index (χ1n) is 6.58. The van der Waals surface area contributed by atoms with Crippen LogP contribution in [0.4, 0.5) is 0 Å². The molecule has 0 atom stereocenters. The maximum Gasteiger partial charge on any atom is 0.254 e. The van der Waals surface area contributed by atoms with Gasteiger partial charge in [-0.2, -0.15) is 0 Å². The molecule has 4 heteroatoms. The van der Waals surface area contributed by atoms with Crippen LogP contribution in [-0.2, 0) is 0 Å². The van der Waals surface area contributed by atoms with Gasteiger partial charge in [-0.25, -0.2) is 0 Å². The minimum absolute atomic E-state index is 0.0727. The van der Waals surface area contributed by atoms with Gasteiger partial charge in [-0.15, -0.1) is 0 Å². The lowest BCUT2D eigenvalue weighted by atomic mass is 10.0. The van der Waals surface area contributed by atoms with Crippen molar-refractivity contribution < 1.29 is 9.90 Å². The Kier molecular flexibility index (Phi) is 3.95. The van der Waals surface area contributed by atoms with E-state index in [9.17, 15) is 9.90 Å². The molecule has 0 bridgehead atoms. The van der Waals surface area contributed by atoms with Crippen molar-refractivity contribution >= 4 is 5.91 Å². The van der Waals surface area contributed by atoms with Crippen molar-refractivity contribution in [2.75, 3.05) is 13.7 Å². The van der Waals surface area contributed by atoms with Crippen LogP contribution in [0.1, 0.15) is 24.2 Å². The van der Waals surface area contributed by atoms with E-state index in [2.05, 4.69) is 0 Å². The maximum absolute atomic E-state index is 12.4. The smallest absolute Gasteiger partial charge is 0.254 e. The Morgan fingerprint density at radius 1 is 1.20 bits per heavy atom. The molecule has 0 fully saturated rings. The highest BCUT2D eigenvalue weighted by Gasteiger charge is 2.27. The molecule has 1 heterocycles. The molecule has 0 saturated carbocycles. The van der Waals surface area contributed by atoms with Gasteiger partial charge in [0.1, 0.15) is 0 Å². The Hall–Kier alpha value is -2.07. The molecule has 1 aromatic heterocycles. The topological polar surface area (TPSA) is 45.5 Å². The zero-order valence-corrected chi connectivity index (χ0v) is 12.1. The van der Waals surface area contributed by atoms with Gasteiger partial charge in [0.15, 0.2) is 0 Å². The summed E-state index contributed by atoms with van der Waals surface area (Å²) in [5.74, 6) is -0.0943. The van der Waals surface area contributed by atoms with Gasteiger partial charge in [0.2, 0.25) is 0 Å². The van der Waals surface area contributed by atoms with Crippen LogP contribution in [-0.4, -0.2) is 39.7 Å². The van der Waals surface area contributed by atoms with Gasteiger partial charge in [0.25, 0.3) is 5.91 Å². The van der Waals surface area contributed by atoms with Gasteiger partial charge in [0.05, 0.1) is 12.1 Å². The highest BCUT2D eigenvalue weighted by Crippen LogP contribution is 2.17. The number of aliphatic hydroxyl groups is 1. The predicted octanol–water partition coefficient (Wildman–Crippen LogP) is 2.32. The second-order valence-corrected chi connectivity index (χ2v) is 5.47. The van der Waals surface area contributed by atoms with Crippen LogP contribution in [0, 0.1) is 0 Å². The number of aromatic nitrogens is 1. The van der Waals surface area contributed by atoms with Gasteiger partial charge in [-0.05, 0) is 50.2 Å². The fourth-order valence-corrected chi connectivity index (χ4v) is 1.86. The first-order valence-corrected chi connectivity index (χ1v) is 6.58. The van der Waals surface area contributed by atoms with E-state index in [1.165, 1.54) is 0 Å². The molecule has 4 nitrogen and oxygen atoms in total. The Labute approximate surface area is 119 Å². The SMILES string of the molecule is CN(C(=O)c1ccc(-n2cccc2)cc1)C(C)(C)CO. The second-order valence-electron chi connectivity index (χ2n) is 5.47.